The van der Waals surface area contributed by atoms with E-state index in [2.05, 4.69) is 0 Å². The van der Waals surface area contributed by atoms with Gasteiger partial charge in [0.25, 0.3) is 0 Å². The van der Waals surface area contributed by atoms with E-state index in [4.69, 9.17) is 4.74 Å². The summed E-state index contributed by atoms with van der Waals surface area (Å²) in [5.74, 6) is 0. The summed E-state index contributed by atoms with van der Waals surface area (Å²) >= 11 is 0. The van der Waals surface area contributed by atoms with E-state index in [0.29, 0.717) is 5.56 Å². The predicted octanol–water partition coefficient (Wildman–Crippen LogP) is 3.08. The zero-order chi connectivity index (χ0) is 12.9. The maximum atomic E-state index is 12.0. The third-order valence-electron chi connectivity index (χ3n) is 2.46. The minimum absolute atomic E-state index is 0.364. The van der Waals surface area contributed by atoms with Gasteiger partial charge in [0, 0.05) is 13.5 Å². The smallest absolute Gasteiger partial charge is 0.389 e. The van der Waals surface area contributed by atoms with Crippen molar-refractivity contribution in [3.05, 3.63) is 35.9 Å². The third kappa shape index (κ3) is 4.75. The summed E-state index contributed by atoms with van der Waals surface area (Å²) in [7, 11) is 1.37. The van der Waals surface area contributed by atoms with Crippen molar-refractivity contribution in [2.75, 3.05) is 7.11 Å². The Bertz CT molecular complexity index is 324. The quantitative estimate of drug-likeness (QED) is 0.867. The van der Waals surface area contributed by atoms with Gasteiger partial charge in [-0.05, 0) is 12.0 Å². The molecule has 0 fully saturated rings. The van der Waals surface area contributed by atoms with Crippen molar-refractivity contribution in [3.8, 4) is 0 Å². The second-order valence-corrected chi connectivity index (χ2v) is 3.79. The first kappa shape index (κ1) is 14.0. The molecule has 2 atom stereocenters. The molecule has 0 saturated heterocycles. The van der Waals surface area contributed by atoms with Crippen LogP contribution in [-0.2, 0) is 4.74 Å². The highest BCUT2D eigenvalue weighted by molar-refractivity contribution is 5.18. The van der Waals surface area contributed by atoms with Crippen LogP contribution < -0.4 is 0 Å². The molecule has 1 rings (SSSR count). The number of rotatable bonds is 5. The number of hydrogen-bond donors (Lipinski definition) is 1. The molecule has 1 aromatic carbocycles. The zero-order valence-electron chi connectivity index (χ0n) is 9.45. The molecule has 1 N–H and O–H groups in total. The van der Waals surface area contributed by atoms with Crippen molar-refractivity contribution in [1.82, 2.24) is 0 Å². The number of alkyl halides is 3. The molecule has 96 valence electrons. The van der Waals surface area contributed by atoms with Crippen LogP contribution in [-0.4, -0.2) is 24.5 Å². The molecule has 0 amide bonds. The van der Waals surface area contributed by atoms with E-state index in [1.165, 1.54) is 7.11 Å². The maximum absolute atomic E-state index is 12.0. The average Bonchev–Trinajstić information content (AvgIpc) is 2.28. The van der Waals surface area contributed by atoms with Crippen molar-refractivity contribution in [1.29, 1.82) is 0 Å². The van der Waals surface area contributed by atoms with Gasteiger partial charge in [-0.1, -0.05) is 30.3 Å². The van der Waals surface area contributed by atoms with E-state index < -0.39 is 24.8 Å². The van der Waals surface area contributed by atoms with E-state index in [9.17, 15) is 18.3 Å². The summed E-state index contributed by atoms with van der Waals surface area (Å²) in [5, 5.41) is 9.70. The minimum atomic E-state index is -4.25. The SMILES string of the molecule is COC(c1ccccc1)C(O)CCC(F)(F)F. The summed E-state index contributed by atoms with van der Waals surface area (Å²) in [6, 6.07) is 8.71. The van der Waals surface area contributed by atoms with E-state index in [1.807, 2.05) is 0 Å². The Morgan fingerprint density at radius 2 is 1.82 bits per heavy atom. The number of halogens is 3. The first-order valence-electron chi connectivity index (χ1n) is 5.26. The Morgan fingerprint density at radius 1 is 1.24 bits per heavy atom. The number of ether oxygens (including phenoxy) is 1. The lowest BCUT2D eigenvalue weighted by atomic mass is 10.0. The molecule has 2 nitrogen and oxygen atoms in total. The first-order chi connectivity index (χ1) is 7.94. The maximum Gasteiger partial charge on any atom is 0.389 e. The highest BCUT2D eigenvalue weighted by Crippen LogP contribution is 2.28. The van der Waals surface area contributed by atoms with Gasteiger partial charge in [0.2, 0.25) is 0 Å². The van der Waals surface area contributed by atoms with Crippen LogP contribution in [0.2, 0.25) is 0 Å². The van der Waals surface area contributed by atoms with E-state index >= 15 is 0 Å². The molecule has 0 heterocycles. The van der Waals surface area contributed by atoms with Gasteiger partial charge in [-0.2, -0.15) is 13.2 Å². The Morgan fingerprint density at radius 3 is 2.29 bits per heavy atom. The number of aliphatic hydroxyl groups is 1. The molecule has 0 spiro atoms. The van der Waals surface area contributed by atoms with Crippen LogP contribution >= 0.6 is 0 Å². The number of methoxy groups -OCH3 is 1. The fourth-order valence-corrected chi connectivity index (χ4v) is 1.62. The Balaban J connectivity index is 2.62. The summed E-state index contributed by atoms with van der Waals surface area (Å²) in [6.07, 6.45) is -7.52. The van der Waals surface area contributed by atoms with Crippen molar-refractivity contribution in [2.24, 2.45) is 0 Å². The minimum Gasteiger partial charge on any atom is -0.390 e. The lowest BCUT2D eigenvalue weighted by Gasteiger charge is -2.22. The molecule has 0 aromatic heterocycles. The van der Waals surface area contributed by atoms with Crippen molar-refractivity contribution in [2.45, 2.75) is 31.2 Å². The molecular formula is C12H15F3O2. The third-order valence-corrected chi connectivity index (χ3v) is 2.46. The molecule has 0 aliphatic carbocycles. The van der Waals surface area contributed by atoms with Crippen LogP contribution in [0.3, 0.4) is 0 Å². The Hall–Kier alpha value is -1.07. The van der Waals surface area contributed by atoms with Gasteiger partial charge in [0.15, 0.2) is 0 Å². The van der Waals surface area contributed by atoms with Crippen LogP contribution in [0.4, 0.5) is 13.2 Å². The zero-order valence-corrected chi connectivity index (χ0v) is 9.45. The molecule has 0 aliphatic rings. The fourth-order valence-electron chi connectivity index (χ4n) is 1.62. The van der Waals surface area contributed by atoms with Gasteiger partial charge in [-0.3, -0.25) is 0 Å². The van der Waals surface area contributed by atoms with Crippen LogP contribution in [0.1, 0.15) is 24.5 Å². The lowest BCUT2D eigenvalue weighted by molar-refractivity contribution is -0.144. The van der Waals surface area contributed by atoms with E-state index in [0.717, 1.165) is 0 Å². The van der Waals surface area contributed by atoms with Crippen LogP contribution in [0, 0.1) is 0 Å². The summed E-state index contributed by atoms with van der Waals surface area (Å²) < 4.78 is 41.1. The molecule has 0 bridgehead atoms. The second kappa shape index (κ2) is 6.02. The van der Waals surface area contributed by atoms with Crippen LogP contribution in [0.25, 0.3) is 0 Å². The summed E-state index contributed by atoms with van der Waals surface area (Å²) in [4.78, 5) is 0. The molecule has 5 heteroatoms. The van der Waals surface area contributed by atoms with E-state index in [1.54, 1.807) is 30.3 Å². The molecule has 0 aliphatic heterocycles. The molecule has 2 unspecified atom stereocenters. The lowest BCUT2D eigenvalue weighted by Crippen LogP contribution is -2.22. The van der Waals surface area contributed by atoms with Crippen molar-refractivity contribution in [3.63, 3.8) is 0 Å². The van der Waals surface area contributed by atoms with Gasteiger partial charge in [-0.15, -0.1) is 0 Å². The summed E-state index contributed by atoms with van der Waals surface area (Å²) in [5.41, 5.74) is 0.671. The molecule has 0 saturated carbocycles. The van der Waals surface area contributed by atoms with Gasteiger partial charge in [0.1, 0.15) is 6.10 Å². The molecular weight excluding hydrogens is 233 g/mol. The number of hydrogen-bond acceptors (Lipinski definition) is 2. The highest BCUT2D eigenvalue weighted by Gasteiger charge is 2.30. The topological polar surface area (TPSA) is 29.5 Å². The predicted molar refractivity (Wildman–Crippen MR) is 57.5 cm³/mol. The van der Waals surface area contributed by atoms with Crippen molar-refractivity contribution < 1.29 is 23.0 Å². The molecule has 1 aromatic rings. The molecule has 0 radical (unpaired) electrons. The standard InChI is InChI=1S/C12H15F3O2/c1-17-11(9-5-3-2-4-6-9)10(16)7-8-12(13,14)15/h2-6,10-11,16H,7-8H2,1H3. The Labute approximate surface area is 98.0 Å². The van der Waals surface area contributed by atoms with Gasteiger partial charge < -0.3 is 9.84 Å². The number of benzene rings is 1. The largest absolute Gasteiger partial charge is 0.390 e. The van der Waals surface area contributed by atoms with Crippen LogP contribution in [0.15, 0.2) is 30.3 Å². The Kier molecular flexibility index (Phi) is 4.96. The van der Waals surface area contributed by atoms with Crippen molar-refractivity contribution >= 4 is 0 Å². The average molecular weight is 248 g/mol. The van der Waals surface area contributed by atoms with Crippen LogP contribution in [0.5, 0.6) is 0 Å². The monoisotopic (exact) mass is 248 g/mol. The summed E-state index contributed by atoms with van der Waals surface area (Å²) in [6.45, 7) is 0. The van der Waals surface area contributed by atoms with E-state index in [-0.39, 0.29) is 6.42 Å². The highest BCUT2D eigenvalue weighted by atomic mass is 19.4. The van der Waals surface area contributed by atoms with Gasteiger partial charge in [0.05, 0.1) is 6.10 Å². The number of aliphatic hydroxyl groups excluding tert-OH is 1. The molecule has 17 heavy (non-hydrogen) atoms. The van der Waals surface area contributed by atoms with Gasteiger partial charge >= 0.3 is 6.18 Å². The first-order valence-corrected chi connectivity index (χ1v) is 5.26. The fraction of sp³-hybridized carbons (Fsp3) is 0.500. The normalized spacial score (nSPS) is 15.6. The van der Waals surface area contributed by atoms with Gasteiger partial charge in [-0.25, -0.2) is 0 Å². The second-order valence-electron chi connectivity index (χ2n) is 3.79.